The van der Waals surface area contributed by atoms with Gasteiger partial charge in [-0.2, -0.15) is 5.10 Å². The molecule has 2 aromatic heterocycles. The maximum atomic E-state index is 13.3. The first kappa shape index (κ1) is 21.7. The van der Waals surface area contributed by atoms with Gasteiger partial charge in [-0.05, 0) is 19.0 Å². The second-order valence-electron chi connectivity index (χ2n) is 8.06. The van der Waals surface area contributed by atoms with Crippen LogP contribution >= 0.6 is 11.3 Å². The van der Waals surface area contributed by atoms with Crippen LogP contribution in [0, 0.1) is 0 Å². The number of thiophene rings is 1. The molecule has 172 valence electrons. The first-order chi connectivity index (χ1) is 16.2. The van der Waals surface area contributed by atoms with Crippen molar-refractivity contribution in [3.63, 3.8) is 0 Å². The van der Waals surface area contributed by atoms with E-state index in [4.69, 9.17) is 20.5 Å². The van der Waals surface area contributed by atoms with Crippen molar-refractivity contribution in [1.82, 2.24) is 20.2 Å². The Morgan fingerprint density at radius 3 is 2.85 bits per heavy atom. The van der Waals surface area contributed by atoms with Gasteiger partial charge in [-0.1, -0.05) is 24.3 Å². The van der Waals surface area contributed by atoms with Crippen molar-refractivity contribution < 1.29 is 9.53 Å². The molecule has 2 saturated heterocycles. The number of fused-ring (bicyclic) bond motifs is 1. The van der Waals surface area contributed by atoms with Gasteiger partial charge in [-0.3, -0.25) is 4.79 Å². The predicted molar refractivity (Wildman–Crippen MR) is 131 cm³/mol. The van der Waals surface area contributed by atoms with Gasteiger partial charge in [0.25, 0.3) is 5.91 Å². The Morgan fingerprint density at radius 2 is 2.00 bits per heavy atom. The highest BCUT2D eigenvalue weighted by Crippen LogP contribution is 2.35. The Hall–Kier alpha value is -3.08. The fourth-order valence-electron chi connectivity index (χ4n) is 4.23. The number of benzene rings is 1. The Bertz CT molecular complexity index is 1160. The molecule has 3 N–H and O–H groups in total. The second kappa shape index (κ2) is 9.82. The number of hydrazone groups is 1. The van der Waals surface area contributed by atoms with E-state index in [0.29, 0.717) is 30.5 Å². The van der Waals surface area contributed by atoms with Crippen molar-refractivity contribution in [3.05, 3.63) is 40.8 Å². The number of morpholine rings is 1. The van der Waals surface area contributed by atoms with Gasteiger partial charge in [0.15, 0.2) is 11.6 Å². The van der Waals surface area contributed by atoms with Gasteiger partial charge in [-0.15, -0.1) is 11.3 Å². The summed E-state index contributed by atoms with van der Waals surface area (Å²) in [6.45, 7) is 6.03. The zero-order valence-electron chi connectivity index (χ0n) is 18.4. The summed E-state index contributed by atoms with van der Waals surface area (Å²) < 4.78 is 6.49. The van der Waals surface area contributed by atoms with E-state index in [0.717, 1.165) is 66.3 Å². The monoisotopic (exact) mass is 465 g/mol. The topological polar surface area (TPSA) is 109 Å². The van der Waals surface area contributed by atoms with Crippen molar-refractivity contribution in [2.75, 3.05) is 57.4 Å². The van der Waals surface area contributed by atoms with Gasteiger partial charge in [0.1, 0.15) is 0 Å². The number of anilines is 1. The van der Waals surface area contributed by atoms with Gasteiger partial charge in [0.05, 0.1) is 34.5 Å². The Labute approximate surface area is 196 Å². The van der Waals surface area contributed by atoms with Crippen molar-refractivity contribution in [1.29, 1.82) is 0 Å². The fourth-order valence-corrected chi connectivity index (χ4v) is 5.31. The highest BCUT2D eigenvalue weighted by molar-refractivity contribution is 7.21. The van der Waals surface area contributed by atoms with Crippen LogP contribution in [0.15, 0.2) is 35.4 Å². The maximum absolute atomic E-state index is 13.3. The van der Waals surface area contributed by atoms with Crippen molar-refractivity contribution in [2.45, 2.75) is 6.42 Å². The number of ether oxygens (including phenoxy) is 1. The molecule has 10 heteroatoms. The van der Waals surface area contributed by atoms with Crippen LogP contribution in [0.25, 0.3) is 21.6 Å². The summed E-state index contributed by atoms with van der Waals surface area (Å²) in [7, 11) is 0. The SMILES string of the molecule is N/N=C\c1ccccc1-c1nc(N2CCOCC2)c2sc(C(=O)N3CCCNCC3)cc2n1. The lowest BCUT2D eigenvalue weighted by Crippen LogP contribution is -2.36. The quantitative estimate of drug-likeness (QED) is 0.344. The van der Waals surface area contributed by atoms with Crippen LogP contribution < -0.4 is 16.1 Å². The summed E-state index contributed by atoms with van der Waals surface area (Å²) >= 11 is 1.48. The number of amides is 1. The van der Waals surface area contributed by atoms with E-state index in [1.165, 1.54) is 11.3 Å². The third kappa shape index (κ3) is 4.54. The summed E-state index contributed by atoms with van der Waals surface area (Å²) in [6.07, 6.45) is 2.56. The lowest BCUT2D eigenvalue weighted by Gasteiger charge is -2.28. The molecular formula is C23H27N7O2S. The Morgan fingerprint density at radius 1 is 1.15 bits per heavy atom. The van der Waals surface area contributed by atoms with Crippen LogP contribution in [0.4, 0.5) is 5.82 Å². The number of carbonyl (C=O) groups is 1. The van der Waals surface area contributed by atoms with Crippen LogP contribution in [-0.2, 0) is 4.74 Å². The van der Waals surface area contributed by atoms with E-state index >= 15 is 0 Å². The molecule has 2 fully saturated rings. The van der Waals surface area contributed by atoms with Crippen LogP contribution in [0.5, 0.6) is 0 Å². The number of hydrogen-bond donors (Lipinski definition) is 2. The molecule has 9 nitrogen and oxygen atoms in total. The van der Waals surface area contributed by atoms with Gasteiger partial charge in [0.2, 0.25) is 0 Å². The maximum Gasteiger partial charge on any atom is 0.264 e. The summed E-state index contributed by atoms with van der Waals surface area (Å²) in [5, 5.41) is 7.05. The largest absolute Gasteiger partial charge is 0.378 e. The molecule has 0 radical (unpaired) electrons. The van der Waals surface area contributed by atoms with Crippen molar-refractivity contribution in [3.8, 4) is 11.4 Å². The number of rotatable bonds is 4. The van der Waals surface area contributed by atoms with E-state index in [9.17, 15) is 4.79 Å². The van der Waals surface area contributed by atoms with E-state index < -0.39 is 0 Å². The number of hydrogen-bond acceptors (Lipinski definition) is 9. The average Bonchev–Trinajstić information content (AvgIpc) is 3.10. The molecule has 1 aromatic carbocycles. The highest BCUT2D eigenvalue weighted by Gasteiger charge is 2.24. The van der Waals surface area contributed by atoms with E-state index in [1.54, 1.807) is 6.21 Å². The fraction of sp³-hybridized carbons (Fsp3) is 0.391. The molecule has 4 heterocycles. The lowest BCUT2D eigenvalue weighted by atomic mass is 10.1. The van der Waals surface area contributed by atoms with Gasteiger partial charge < -0.3 is 25.7 Å². The standard InChI is InChI=1S/C23H27N7O2S/c24-26-15-16-4-1-2-5-17(16)21-27-18-14-19(23(31)30-8-3-6-25-7-9-30)33-20(18)22(28-21)29-10-12-32-13-11-29/h1-2,4-5,14-15,25H,3,6-13,24H2/b26-15-. The molecule has 5 rings (SSSR count). The van der Waals surface area contributed by atoms with Gasteiger partial charge in [-0.25, -0.2) is 9.97 Å². The van der Waals surface area contributed by atoms with E-state index in [1.807, 2.05) is 35.2 Å². The summed E-state index contributed by atoms with van der Waals surface area (Å²) in [6, 6.07) is 9.68. The van der Waals surface area contributed by atoms with Gasteiger partial charge >= 0.3 is 0 Å². The molecule has 0 unspecified atom stereocenters. The third-order valence-corrected chi connectivity index (χ3v) is 7.03. The molecule has 33 heavy (non-hydrogen) atoms. The van der Waals surface area contributed by atoms with Crippen LogP contribution in [-0.4, -0.2) is 79.5 Å². The molecule has 1 amide bonds. The minimum atomic E-state index is 0.0619. The third-order valence-electron chi connectivity index (χ3n) is 5.92. The first-order valence-corrected chi connectivity index (χ1v) is 12.0. The molecule has 0 bridgehead atoms. The normalized spacial score (nSPS) is 17.6. The number of carbonyl (C=O) groups excluding carboxylic acids is 1. The number of nitrogens with one attached hydrogen (secondary N) is 1. The molecule has 3 aromatic rings. The highest BCUT2D eigenvalue weighted by atomic mass is 32.1. The molecule has 0 saturated carbocycles. The lowest BCUT2D eigenvalue weighted by molar-refractivity contribution is 0.0771. The zero-order valence-corrected chi connectivity index (χ0v) is 19.2. The van der Waals surface area contributed by atoms with Crippen molar-refractivity contribution in [2.24, 2.45) is 10.9 Å². The molecule has 2 aliphatic heterocycles. The van der Waals surface area contributed by atoms with Crippen molar-refractivity contribution >= 4 is 39.5 Å². The van der Waals surface area contributed by atoms with Crippen LogP contribution in [0.2, 0.25) is 0 Å². The number of nitrogens with two attached hydrogens (primary N) is 1. The minimum Gasteiger partial charge on any atom is -0.378 e. The molecule has 0 spiro atoms. The summed E-state index contributed by atoms with van der Waals surface area (Å²) in [4.78, 5) is 28.0. The smallest absolute Gasteiger partial charge is 0.264 e. The van der Waals surface area contributed by atoms with E-state index in [-0.39, 0.29) is 5.91 Å². The Kier molecular flexibility index (Phi) is 6.47. The van der Waals surface area contributed by atoms with Gasteiger partial charge in [0, 0.05) is 43.9 Å². The molecular weight excluding hydrogens is 438 g/mol. The van der Waals surface area contributed by atoms with Crippen LogP contribution in [0.3, 0.4) is 0 Å². The van der Waals surface area contributed by atoms with E-state index in [2.05, 4.69) is 15.3 Å². The first-order valence-electron chi connectivity index (χ1n) is 11.2. The number of nitrogens with zero attached hydrogens (tertiary/aromatic N) is 5. The number of aromatic nitrogens is 2. The second-order valence-corrected chi connectivity index (χ2v) is 9.11. The molecule has 0 aliphatic carbocycles. The van der Waals surface area contributed by atoms with Crippen LogP contribution in [0.1, 0.15) is 21.7 Å². The minimum absolute atomic E-state index is 0.0619. The molecule has 0 atom stereocenters. The Balaban J connectivity index is 1.61. The molecule has 2 aliphatic rings. The average molecular weight is 466 g/mol. The summed E-state index contributed by atoms with van der Waals surface area (Å²) in [5.74, 6) is 6.93. The zero-order chi connectivity index (χ0) is 22.6. The predicted octanol–water partition coefficient (Wildman–Crippen LogP) is 1.92. The summed E-state index contributed by atoms with van der Waals surface area (Å²) in [5.41, 5.74) is 2.47.